The first-order valence-corrected chi connectivity index (χ1v) is 7.76. The molecule has 110 valence electrons. The molecule has 0 heterocycles. The standard InChI is InChI=1S/C17H19NO2S/c1-3-18(13(2)17(19)20)15-11-7-8-12-16(15)21-14-9-5-4-6-10-14/h4-13H,3H2,1-2H3,(H,19,20). The van der Waals surface area contributed by atoms with E-state index in [1.165, 1.54) is 0 Å². The maximum atomic E-state index is 11.3. The average Bonchev–Trinajstić information content (AvgIpc) is 2.50. The largest absolute Gasteiger partial charge is 0.480 e. The third-order valence-corrected chi connectivity index (χ3v) is 4.38. The van der Waals surface area contributed by atoms with Crippen molar-refractivity contribution in [2.24, 2.45) is 0 Å². The highest BCUT2D eigenvalue weighted by atomic mass is 32.2. The van der Waals surface area contributed by atoms with Gasteiger partial charge in [0.25, 0.3) is 0 Å². The van der Waals surface area contributed by atoms with Crippen molar-refractivity contribution in [3.05, 3.63) is 54.6 Å². The van der Waals surface area contributed by atoms with E-state index >= 15 is 0 Å². The average molecular weight is 301 g/mol. The van der Waals surface area contributed by atoms with E-state index in [2.05, 4.69) is 12.1 Å². The van der Waals surface area contributed by atoms with Gasteiger partial charge in [-0.3, -0.25) is 0 Å². The second-order valence-corrected chi connectivity index (χ2v) is 5.80. The number of carboxylic acids is 1. The monoisotopic (exact) mass is 301 g/mol. The number of likely N-dealkylation sites (N-methyl/N-ethyl adjacent to an activating group) is 1. The van der Waals surface area contributed by atoms with Gasteiger partial charge < -0.3 is 10.0 Å². The molecule has 2 rings (SSSR count). The molecule has 1 unspecified atom stereocenters. The summed E-state index contributed by atoms with van der Waals surface area (Å²) in [6, 6.07) is 17.5. The van der Waals surface area contributed by atoms with Crippen molar-refractivity contribution >= 4 is 23.4 Å². The van der Waals surface area contributed by atoms with Crippen LogP contribution in [0.5, 0.6) is 0 Å². The van der Waals surface area contributed by atoms with Crippen LogP contribution < -0.4 is 4.90 Å². The van der Waals surface area contributed by atoms with Crippen molar-refractivity contribution in [2.45, 2.75) is 29.7 Å². The number of para-hydroxylation sites is 1. The molecule has 0 amide bonds. The molecule has 0 saturated heterocycles. The first kappa shape index (κ1) is 15.4. The number of carboxylic acid groups (broad SMARTS) is 1. The number of aliphatic carboxylic acids is 1. The third-order valence-electron chi connectivity index (χ3n) is 3.31. The predicted molar refractivity (Wildman–Crippen MR) is 87.1 cm³/mol. The summed E-state index contributed by atoms with van der Waals surface area (Å²) in [7, 11) is 0. The van der Waals surface area contributed by atoms with E-state index in [4.69, 9.17) is 0 Å². The van der Waals surface area contributed by atoms with E-state index in [1.807, 2.05) is 54.3 Å². The molecule has 0 spiro atoms. The Hall–Kier alpha value is -1.94. The Balaban J connectivity index is 2.33. The zero-order valence-electron chi connectivity index (χ0n) is 12.2. The lowest BCUT2D eigenvalue weighted by Crippen LogP contribution is -2.39. The van der Waals surface area contributed by atoms with Crippen LogP contribution in [0.25, 0.3) is 0 Å². The minimum Gasteiger partial charge on any atom is -0.480 e. The normalized spacial score (nSPS) is 11.9. The van der Waals surface area contributed by atoms with Gasteiger partial charge >= 0.3 is 5.97 Å². The van der Waals surface area contributed by atoms with Crippen molar-refractivity contribution in [3.8, 4) is 0 Å². The van der Waals surface area contributed by atoms with Crippen molar-refractivity contribution in [2.75, 3.05) is 11.4 Å². The quantitative estimate of drug-likeness (QED) is 0.870. The van der Waals surface area contributed by atoms with E-state index in [-0.39, 0.29) is 0 Å². The molecule has 0 aliphatic heterocycles. The van der Waals surface area contributed by atoms with Gasteiger partial charge in [-0.1, -0.05) is 42.1 Å². The predicted octanol–water partition coefficient (Wildman–Crippen LogP) is 4.14. The van der Waals surface area contributed by atoms with E-state index in [1.54, 1.807) is 18.7 Å². The molecule has 21 heavy (non-hydrogen) atoms. The lowest BCUT2D eigenvalue weighted by molar-refractivity contribution is -0.138. The van der Waals surface area contributed by atoms with Crippen molar-refractivity contribution in [1.82, 2.24) is 0 Å². The van der Waals surface area contributed by atoms with Gasteiger partial charge in [0.2, 0.25) is 0 Å². The van der Waals surface area contributed by atoms with Gasteiger partial charge in [-0.2, -0.15) is 0 Å². The van der Waals surface area contributed by atoms with Crippen molar-refractivity contribution in [3.63, 3.8) is 0 Å². The summed E-state index contributed by atoms with van der Waals surface area (Å²) in [5.41, 5.74) is 0.962. The highest BCUT2D eigenvalue weighted by molar-refractivity contribution is 7.99. The molecule has 0 aromatic heterocycles. The lowest BCUT2D eigenvalue weighted by Gasteiger charge is -2.29. The molecule has 0 fully saturated rings. The van der Waals surface area contributed by atoms with Crippen LogP contribution in [0.3, 0.4) is 0 Å². The number of carbonyl (C=O) groups is 1. The molecule has 0 bridgehead atoms. The highest BCUT2D eigenvalue weighted by Crippen LogP contribution is 2.35. The lowest BCUT2D eigenvalue weighted by atomic mass is 10.2. The Morgan fingerprint density at radius 2 is 1.76 bits per heavy atom. The number of hydrogen-bond donors (Lipinski definition) is 1. The van der Waals surface area contributed by atoms with Gasteiger partial charge in [-0.25, -0.2) is 4.79 Å². The van der Waals surface area contributed by atoms with Gasteiger partial charge in [0.1, 0.15) is 6.04 Å². The second-order valence-electron chi connectivity index (χ2n) is 4.68. The van der Waals surface area contributed by atoms with Gasteiger partial charge in [0.15, 0.2) is 0 Å². The number of nitrogens with zero attached hydrogens (tertiary/aromatic N) is 1. The fourth-order valence-corrected chi connectivity index (χ4v) is 3.17. The van der Waals surface area contributed by atoms with Crippen LogP contribution in [0.4, 0.5) is 5.69 Å². The third kappa shape index (κ3) is 3.79. The van der Waals surface area contributed by atoms with Gasteiger partial charge in [0.05, 0.1) is 5.69 Å². The molecule has 2 aromatic carbocycles. The number of rotatable bonds is 6. The summed E-state index contributed by atoms with van der Waals surface area (Å²) in [6.45, 7) is 4.35. The van der Waals surface area contributed by atoms with E-state index in [9.17, 15) is 9.90 Å². The fraction of sp³-hybridized carbons (Fsp3) is 0.235. The van der Waals surface area contributed by atoms with Gasteiger partial charge in [0, 0.05) is 16.3 Å². The van der Waals surface area contributed by atoms with E-state index in [0.29, 0.717) is 6.54 Å². The zero-order valence-corrected chi connectivity index (χ0v) is 13.0. The van der Waals surface area contributed by atoms with Crippen LogP contribution in [0.2, 0.25) is 0 Å². The molecule has 3 nitrogen and oxygen atoms in total. The number of hydrogen-bond acceptors (Lipinski definition) is 3. The van der Waals surface area contributed by atoms with Crippen LogP contribution in [-0.4, -0.2) is 23.7 Å². The summed E-state index contributed by atoms with van der Waals surface area (Å²) in [4.78, 5) is 15.4. The minimum atomic E-state index is -0.809. The molecular weight excluding hydrogens is 282 g/mol. The van der Waals surface area contributed by atoms with Gasteiger partial charge in [-0.05, 0) is 38.1 Å². The molecule has 0 aliphatic rings. The Morgan fingerprint density at radius 1 is 1.14 bits per heavy atom. The molecule has 0 saturated carbocycles. The summed E-state index contributed by atoms with van der Waals surface area (Å²) in [5, 5.41) is 9.28. The van der Waals surface area contributed by atoms with Crippen LogP contribution in [0.1, 0.15) is 13.8 Å². The SMILES string of the molecule is CCN(c1ccccc1Sc1ccccc1)C(C)C(=O)O. The van der Waals surface area contributed by atoms with Gasteiger partial charge in [-0.15, -0.1) is 0 Å². The Morgan fingerprint density at radius 3 is 2.38 bits per heavy atom. The smallest absolute Gasteiger partial charge is 0.326 e. The van der Waals surface area contributed by atoms with Crippen LogP contribution in [0.15, 0.2) is 64.4 Å². The minimum absolute atomic E-state index is 0.549. The first-order chi connectivity index (χ1) is 10.1. The number of benzene rings is 2. The summed E-state index contributed by atoms with van der Waals surface area (Å²) < 4.78 is 0. The molecular formula is C17H19NO2S. The second kappa shape index (κ2) is 7.18. The molecule has 0 radical (unpaired) electrons. The summed E-state index contributed by atoms with van der Waals surface area (Å²) in [6.07, 6.45) is 0. The molecule has 2 aromatic rings. The topological polar surface area (TPSA) is 40.5 Å². The van der Waals surface area contributed by atoms with Crippen LogP contribution in [-0.2, 0) is 4.79 Å². The molecule has 1 atom stereocenters. The molecule has 0 aliphatic carbocycles. The molecule has 1 N–H and O–H groups in total. The summed E-state index contributed by atoms with van der Waals surface area (Å²) in [5.74, 6) is -0.809. The van der Waals surface area contributed by atoms with Crippen molar-refractivity contribution in [1.29, 1.82) is 0 Å². The zero-order chi connectivity index (χ0) is 15.2. The Labute approximate surface area is 129 Å². The maximum absolute atomic E-state index is 11.3. The summed E-state index contributed by atoms with van der Waals surface area (Å²) >= 11 is 1.65. The first-order valence-electron chi connectivity index (χ1n) is 6.95. The molecule has 4 heteroatoms. The number of anilines is 1. The van der Waals surface area contributed by atoms with E-state index < -0.39 is 12.0 Å². The van der Waals surface area contributed by atoms with Crippen LogP contribution >= 0.6 is 11.8 Å². The van der Waals surface area contributed by atoms with E-state index in [0.717, 1.165) is 15.5 Å². The Bertz CT molecular complexity index is 601. The highest BCUT2D eigenvalue weighted by Gasteiger charge is 2.21. The Kier molecular flexibility index (Phi) is 5.28. The fourth-order valence-electron chi connectivity index (χ4n) is 2.18. The maximum Gasteiger partial charge on any atom is 0.326 e. The van der Waals surface area contributed by atoms with Crippen molar-refractivity contribution < 1.29 is 9.90 Å². The van der Waals surface area contributed by atoms with Crippen LogP contribution in [0, 0.1) is 0 Å².